The van der Waals surface area contributed by atoms with Gasteiger partial charge in [-0.2, -0.15) is 10.2 Å². The van der Waals surface area contributed by atoms with Gasteiger partial charge in [-0.25, -0.2) is 9.97 Å². The second kappa shape index (κ2) is 9.31. The highest BCUT2D eigenvalue weighted by Gasteiger charge is 2.29. The average Bonchev–Trinajstić information content (AvgIpc) is 3.27. The summed E-state index contributed by atoms with van der Waals surface area (Å²) in [6, 6.07) is 8.90. The fourth-order valence-corrected chi connectivity index (χ4v) is 4.81. The molecule has 0 radical (unpaired) electrons. The van der Waals surface area contributed by atoms with Crippen molar-refractivity contribution in [3.63, 3.8) is 0 Å². The van der Waals surface area contributed by atoms with E-state index >= 15 is 0 Å². The van der Waals surface area contributed by atoms with E-state index in [1.54, 1.807) is 29.2 Å². The minimum atomic E-state index is -0.438. The summed E-state index contributed by atoms with van der Waals surface area (Å²) < 4.78 is 5.48. The van der Waals surface area contributed by atoms with Gasteiger partial charge in [-0.3, -0.25) is 19.9 Å². The van der Waals surface area contributed by atoms with Crippen LogP contribution in [-0.2, 0) is 0 Å². The van der Waals surface area contributed by atoms with E-state index in [0.29, 0.717) is 62.8 Å². The van der Waals surface area contributed by atoms with Gasteiger partial charge in [0.25, 0.3) is 11.8 Å². The largest absolute Gasteiger partial charge is 0.496 e. The number of nitrogens with zero attached hydrogens (tertiary/aromatic N) is 6. The molecule has 2 amide bonds. The number of benzene rings is 1. The van der Waals surface area contributed by atoms with Crippen molar-refractivity contribution in [3.05, 3.63) is 59.2 Å². The number of amides is 2. The summed E-state index contributed by atoms with van der Waals surface area (Å²) in [5, 5.41) is 12.4. The Morgan fingerprint density at radius 3 is 2.69 bits per heavy atom. The molecule has 0 atom stereocenters. The number of ether oxygens (including phenoxy) is 1. The first-order chi connectivity index (χ1) is 17.4. The van der Waals surface area contributed by atoms with E-state index in [0.717, 1.165) is 11.3 Å². The summed E-state index contributed by atoms with van der Waals surface area (Å²) in [6.07, 6.45) is 2.89. The lowest BCUT2D eigenvalue weighted by Gasteiger charge is -2.36. The number of hydrogen-bond donors (Lipinski definition) is 1. The Balaban J connectivity index is 1.45. The van der Waals surface area contributed by atoms with Gasteiger partial charge < -0.3 is 9.64 Å². The van der Waals surface area contributed by atoms with E-state index in [9.17, 15) is 14.9 Å². The van der Waals surface area contributed by atoms with Crippen LogP contribution in [0.4, 0.5) is 5.13 Å². The van der Waals surface area contributed by atoms with Crippen LogP contribution >= 0.6 is 11.3 Å². The molecule has 1 N–H and O–H groups in total. The Bertz CT molecular complexity index is 1550. The third-order valence-corrected chi connectivity index (χ3v) is 6.67. The van der Waals surface area contributed by atoms with Gasteiger partial charge in [0.1, 0.15) is 11.4 Å². The summed E-state index contributed by atoms with van der Waals surface area (Å²) in [5.74, 6) is 0.410. The molecule has 11 heteroatoms. The van der Waals surface area contributed by atoms with E-state index in [1.165, 1.54) is 19.5 Å². The fraction of sp³-hybridized carbons (Fsp3) is 0.240. The molecule has 1 aliphatic heterocycles. The summed E-state index contributed by atoms with van der Waals surface area (Å²) in [4.78, 5) is 45.4. The zero-order chi connectivity index (χ0) is 25.4. The number of nitrogens with one attached hydrogen (secondary N) is 1. The van der Waals surface area contributed by atoms with Gasteiger partial charge in [0, 0.05) is 36.1 Å². The molecule has 1 aromatic carbocycles. The molecule has 4 heterocycles. The van der Waals surface area contributed by atoms with Crippen LogP contribution in [0, 0.1) is 24.2 Å². The molecule has 3 aromatic heterocycles. The van der Waals surface area contributed by atoms with E-state index in [2.05, 4.69) is 38.2 Å². The van der Waals surface area contributed by atoms with Crippen LogP contribution in [0.15, 0.2) is 36.7 Å². The van der Waals surface area contributed by atoms with E-state index in [4.69, 9.17) is 4.74 Å². The normalized spacial score (nSPS) is 13.2. The molecule has 5 rings (SSSR count). The number of aromatic nitrogens is 4. The van der Waals surface area contributed by atoms with Crippen molar-refractivity contribution in [1.29, 1.82) is 5.26 Å². The van der Waals surface area contributed by atoms with Crippen molar-refractivity contribution < 1.29 is 14.3 Å². The van der Waals surface area contributed by atoms with Gasteiger partial charge in [-0.05, 0) is 37.1 Å². The van der Waals surface area contributed by atoms with Crippen LogP contribution < -0.4 is 10.1 Å². The molecular formula is C25H21N7O3S. The zero-order valence-corrected chi connectivity index (χ0v) is 20.6. The Hall–Kier alpha value is -4.43. The SMILES string of the molecule is COc1ccc(C#N)cc1-c1cc(C)ncc1C(=O)Nc1nc2ncc(C(=O)N3CC(C)C3)nc2s1. The van der Waals surface area contributed by atoms with E-state index < -0.39 is 5.91 Å². The number of nitriles is 1. The molecule has 10 nitrogen and oxygen atoms in total. The number of pyridine rings is 1. The number of hydrogen-bond acceptors (Lipinski definition) is 9. The smallest absolute Gasteiger partial charge is 0.274 e. The lowest BCUT2D eigenvalue weighted by atomic mass is 9.97. The monoisotopic (exact) mass is 499 g/mol. The van der Waals surface area contributed by atoms with Crippen molar-refractivity contribution in [1.82, 2.24) is 24.8 Å². The number of carbonyl (C=O) groups excluding carboxylic acids is 2. The molecule has 0 bridgehead atoms. The predicted octanol–water partition coefficient (Wildman–Crippen LogP) is 3.68. The summed E-state index contributed by atoms with van der Waals surface area (Å²) in [6.45, 7) is 5.31. The van der Waals surface area contributed by atoms with Gasteiger partial charge in [0.2, 0.25) is 0 Å². The molecule has 36 heavy (non-hydrogen) atoms. The van der Waals surface area contributed by atoms with E-state index in [1.807, 2.05) is 6.92 Å². The quantitative estimate of drug-likeness (QED) is 0.439. The molecule has 1 aliphatic rings. The Kier molecular flexibility index (Phi) is 6.03. The molecule has 0 spiro atoms. The first-order valence-corrected chi connectivity index (χ1v) is 12.0. The molecule has 0 unspecified atom stereocenters. The molecule has 180 valence electrons. The molecular weight excluding hydrogens is 478 g/mol. The highest BCUT2D eigenvalue weighted by Crippen LogP contribution is 2.34. The van der Waals surface area contributed by atoms with Crippen LogP contribution in [0.1, 0.15) is 39.0 Å². The maximum atomic E-state index is 13.3. The zero-order valence-electron chi connectivity index (χ0n) is 19.8. The number of anilines is 1. The lowest BCUT2D eigenvalue weighted by Crippen LogP contribution is -2.48. The maximum Gasteiger partial charge on any atom is 0.274 e. The molecule has 1 saturated heterocycles. The number of carbonyl (C=O) groups is 2. The van der Waals surface area contributed by atoms with Gasteiger partial charge >= 0.3 is 0 Å². The Morgan fingerprint density at radius 1 is 1.17 bits per heavy atom. The second-order valence-electron chi connectivity index (χ2n) is 8.57. The van der Waals surface area contributed by atoms with E-state index in [-0.39, 0.29) is 17.2 Å². The lowest BCUT2D eigenvalue weighted by molar-refractivity contribution is 0.0524. The molecule has 0 saturated carbocycles. The third-order valence-electron chi connectivity index (χ3n) is 5.82. The molecule has 1 fully saturated rings. The van der Waals surface area contributed by atoms with Crippen molar-refractivity contribution in [2.24, 2.45) is 5.92 Å². The number of rotatable bonds is 5. The van der Waals surface area contributed by atoms with Gasteiger partial charge in [0.15, 0.2) is 15.6 Å². The maximum absolute atomic E-state index is 13.3. The number of fused-ring (bicyclic) bond motifs is 1. The van der Waals surface area contributed by atoms with Crippen molar-refractivity contribution in [2.45, 2.75) is 13.8 Å². The van der Waals surface area contributed by atoms with Crippen LogP contribution in [0.3, 0.4) is 0 Å². The molecule has 4 aromatic rings. The van der Waals surface area contributed by atoms with Gasteiger partial charge in [-0.15, -0.1) is 0 Å². The Morgan fingerprint density at radius 2 is 1.97 bits per heavy atom. The minimum Gasteiger partial charge on any atom is -0.496 e. The minimum absolute atomic E-state index is 0.162. The average molecular weight is 500 g/mol. The summed E-state index contributed by atoms with van der Waals surface area (Å²) in [7, 11) is 1.53. The fourth-order valence-electron chi connectivity index (χ4n) is 4.02. The first-order valence-electron chi connectivity index (χ1n) is 11.2. The van der Waals surface area contributed by atoms with Crippen LogP contribution in [0.5, 0.6) is 5.75 Å². The Labute approximate surface area is 210 Å². The van der Waals surface area contributed by atoms with Crippen LogP contribution in [0.25, 0.3) is 21.6 Å². The van der Waals surface area contributed by atoms with Crippen LogP contribution in [0.2, 0.25) is 0 Å². The molecule has 0 aliphatic carbocycles. The summed E-state index contributed by atoms with van der Waals surface area (Å²) in [5.41, 5.74) is 3.20. The van der Waals surface area contributed by atoms with Crippen LogP contribution in [-0.4, -0.2) is 56.8 Å². The predicted molar refractivity (Wildman–Crippen MR) is 134 cm³/mol. The number of thiazole rings is 1. The highest BCUT2D eigenvalue weighted by molar-refractivity contribution is 7.21. The van der Waals surface area contributed by atoms with Crippen molar-refractivity contribution in [2.75, 3.05) is 25.5 Å². The second-order valence-corrected chi connectivity index (χ2v) is 9.55. The number of likely N-dealkylation sites (tertiary alicyclic amines) is 1. The topological polar surface area (TPSA) is 134 Å². The highest BCUT2D eigenvalue weighted by atomic mass is 32.1. The number of aryl methyl sites for hydroxylation is 1. The number of methoxy groups -OCH3 is 1. The van der Waals surface area contributed by atoms with Gasteiger partial charge in [0.05, 0.1) is 30.5 Å². The van der Waals surface area contributed by atoms with Crippen molar-refractivity contribution >= 4 is 38.8 Å². The summed E-state index contributed by atoms with van der Waals surface area (Å²) >= 11 is 1.13. The standard InChI is InChI=1S/C25H21N7O3S/c1-13-11-32(12-13)24(34)19-10-28-21-23(29-19)36-25(30-21)31-22(33)18-9-27-14(2)6-16(18)17-7-15(8-26)4-5-20(17)35-3/h4-7,9-10,13H,11-12H2,1-3H3,(H,28,30,31,33). The van der Waals surface area contributed by atoms with Crippen molar-refractivity contribution in [3.8, 4) is 22.9 Å². The first kappa shape index (κ1) is 23.3. The third kappa shape index (κ3) is 4.34. The van der Waals surface area contributed by atoms with Gasteiger partial charge in [-0.1, -0.05) is 18.3 Å².